The van der Waals surface area contributed by atoms with E-state index >= 15 is 0 Å². The number of rotatable bonds is 3. The van der Waals surface area contributed by atoms with E-state index in [9.17, 15) is 13.2 Å². The molecule has 2 rings (SSSR count). The summed E-state index contributed by atoms with van der Waals surface area (Å²) < 4.78 is 24.2. The molecule has 88 valence electrons. The van der Waals surface area contributed by atoms with Crippen LogP contribution in [0.4, 0.5) is 0 Å². The minimum atomic E-state index is -3.93. The molecule has 0 aromatic carbocycles. The lowest BCUT2D eigenvalue weighted by Crippen LogP contribution is -2.12. The van der Waals surface area contributed by atoms with Gasteiger partial charge in [0, 0.05) is 10.7 Å². The van der Waals surface area contributed by atoms with E-state index in [1.165, 1.54) is 10.9 Å². The van der Waals surface area contributed by atoms with Gasteiger partial charge < -0.3 is 0 Å². The van der Waals surface area contributed by atoms with Crippen LogP contribution in [0.3, 0.4) is 0 Å². The summed E-state index contributed by atoms with van der Waals surface area (Å²) in [5.74, 6) is 0. The number of nitrogens with zero attached hydrogens (tertiary/aromatic N) is 2. The molecule has 1 fully saturated rings. The number of hydrogen-bond acceptors (Lipinski definition) is 4. The first kappa shape index (κ1) is 11.6. The van der Waals surface area contributed by atoms with Gasteiger partial charge >= 0.3 is 0 Å². The summed E-state index contributed by atoms with van der Waals surface area (Å²) in [6, 6.07) is 0.0391. The number of hydrogen-bond donors (Lipinski definition) is 0. The Morgan fingerprint density at radius 1 is 1.44 bits per heavy atom. The fourth-order valence-corrected chi connectivity index (χ4v) is 3.39. The summed E-state index contributed by atoms with van der Waals surface area (Å²) in [5, 5.41) is 3.79. The van der Waals surface area contributed by atoms with Crippen LogP contribution in [0, 0.1) is 0 Å². The predicted octanol–water partition coefficient (Wildman–Crippen LogP) is 1.74. The fourth-order valence-electron chi connectivity index (χ4n) is 2.11. The molecule has 0 spiro atoms. The second kappa shape index (κ2) is 4.18. The highest BCUT2D eigenvalue weighted by Crippen LogP contribution is 2.32. The third-order valence-corrected chi connectivity index (χ3v) is 4.13. The van der Waals surface area contributed by atoms with Crippen LogP contribution >= 0.6 is 10.7 Å². The molecule has 7 heteroatoms. The van der Waals surface area contributed by atoms with Gasteiger partial charge in [0.15, 0.2) is 11.3 Å². The second-order valence-corrected chi connectivity index (χ2v) is 6.32. The number of halogens is 1. The maximum atomic E-state index is 11.4. The third-order valence-electron chi connectivity index (χ3n) is 2.80. The molecule has 1 aromatic rings. The lowest BCUT2D eigenvalue weighted by molar-refractivity contribution is 0.112. The Morgan fingerprint density at radius 3 is 2.56 bits per heavy atom. The number of carbonyl (C=O) groups is 1. The largest absolute Gasteiger partial charge is 0.298 e. The van der Waals surface area contributed by atoms with Gasteiger partial charge in [0.2, 0.25) is 0 Å². The summed E-state index contributed by atoms with van der Waals surface area (Å²) >= 11 is 0. The van der Waals surface area contributed by atoms with Crippen LogP contribution in [0.15, 0.2) is 11.2 Å². The van der Waals surface area contributed by atoms with Crippen molar-refractivity contribution in [2.75, 3.05) is 0 Å². The van der Waals surface area contributed by atoms with Crippen molar-refractivity contribution in [3.05, 3.63) is 11.8 Å². The van der Waals surface area contributed by atoms with Crippen LogP contribution in [0.1, 0.15) is 42.1 Å². The van der Waals surface area contributed by atoms with E-state index in [0.29, 0.717) is 6.29 Å². The van der Waals surface area contributed by atoms with E-state index < -0.39 is 9.05 Å². The van der Waals surface area contributed by atoms with Gasteiger partial charge in [0.05, 0.1) is 17.8 Å². The highest BCUT2D eigenvalue weighted by Gasteiger charge is 2.28. The molecular weight excluding hydrogens is 252 g/mol. The molecule has 1 saturated carbocycles. The van der Waals surface area contributed by atoms with Gasteiger partial charge in [-0.3, -0.25) is 4.79 Å². The molecular formula is C9H11ClN2O3S. The highest BCUT2D eigenvalue weighted by molar-refractivity contribution is 8.13. The van der Waals surface area contributed by atoms with Crippen molar-refractivity contribution in [2.24, 2.45) is 0 Å². The molecule has 0 aliphatic heterocycles. The normalized spacial score (nSPS) is 17.8. The Balaban J connectivity index is 2.53. The summed E-state index contributed by atoms with van der Waals surface area (Å²) in [6.45, 7) is 0. The zero-order valence-corrected chi connectivity index (χ0v) is 10.0. The van der Waals surface area contributed by atoms with Crippen LogP contribution in [-0.4, -0.2) is 24.5 Å². The maximum Gasteiger partial charge on any atom is 0.279 e. The van der Waals surface area contributed by atoms with E-state index in [4.69, 9.17) is 10.7 Å². The van der Waals surface area contributed by atoms with Crippen LogP contribution in [0.2, 0.25) is 0 Å². The van der Waals surface area contributed by atoms with Crippen molar-refractivity contribution >= 4 is 26.0 Å². The van der Waals surface area contributed by atoms with Gasteiger partial charge in [-0.2, -0.15) is 5.10 Å². The van der Waals surface area contributed by atoms with Crippen molar-refractivity contribution < 1.29 is 13.2 Å². The van der Waals surface area contributed by atoms with E-state index in [0.717, 1.165) is 25.7 Å². The van der Waals surface area contributed by atoms with Crippen molar-refractivity contribution in [3.63, 3.8) is 0 Å². The molecule has 1 heterocycles. The summed E-state index contributed by atoms with van der Waals surface area (Å²) in [7, 11) is 1.39. The number of aromatic nitrogens is 2. The van der Waals surface area contributed by atoms with Crippen molar-refractivity contribution in [2.45, 2.75) is 36.8 Å². The highest BCUT2D eigenvalue weighted by atomic mass is 35.7. The molecule has 0 amide bonds. The first-order chi connectivity index (χ1) is 7.54. The number of aldehydes is 1. The van der Waals surface area contributed by atoms with E-state index in [1.807, 2.05) is 0 Å². The minimum absolute atomic E-state index is 0.0295. The molecule has 0 unspecified atom stereocenters. The topological polar surface area (TPSA) is 69.0 Å². The van der Waals surface area contributed by atoms with Crippen molar-refractivity contribution in [1.29, 1.82) is 0 Å². The average Bonchev–Trinajstić information content (AvgIpc) is 2.84. The van der Waals surface area contributed by atoms with E-state index in [-0.39, 0.29) is 16.6 Å². The average molecular weight is 263 g/mol. The van der Waals surface area contributed by atoms with Gasteiger partial charge in [-0.05, 0) is 12.8 Å². The molecule has 1 aliphatic rings. The Kier molecular flexibility index (Phi) is 3.03. The maximum absolute atomic E-state index is 11.4. The Hall–Kier alpha value is -0.880. The third kappa shape index (κ3) is 1.99. The van der Waals surface area contributed by atoms with Gasteiger partial charge in [0.25, 0.3) is 9.05 Å². The first-order valence-electron chi connectivity index (χ1n) is 5.01. The van der Waals surface area contributed by atoms with Gasteiger partial charge in [-0.1, -0.05) is 12.8 Å². The summed E-state index contributed by atoms with van der Waals surface area (Å²) in [5.41, 5.74) is 0.0295. The zero-order valence-electron chi connectivity index (χ0n) is 8.47. The van der Waals surface area contributed by atoms with E-state index in [2.05, 4.69) is 5.10 Å². The molecule has 1 aromatic heterocycles. The SMILES string of the molecule is O=Cc1cnn(C2CCCC2)c1S(=O)(=O)Cl. The molecule has 0 bridgehead atoms. The molecule has 0 saturated heterocycles. The quantitative estimate of drug-likeness (QED) is 0.615. The van der Waals surface area contributed by atoms with Crippen LogP contribution < -0.4 is 0 Å². The standard InChI is InChI=1S/C9H11ClN2O3S/c10-16(14,15)9-7(6-13)5-11-12(9)8-3-1-2-4-8/h5-6,8H,1-4H2. The summed E-state index contributed by atoms with van der Waals surface area (Å²) in [4.78, 5) is 10.7. The van der Waals surface area contributed by atoms with Gasteiger partial charge in [-0.15, -0.1) is 0 Å². The predicted molar refractivity (Wildman–Crippen MR) is 58.2 cm³/mol. The monoisotopic (exact) mass is 262 g/mol. The summed E-state index contributed by atoms with van der Waals surface area (Å²) in [6.07, 6.45) is 5.55. The van der Waals surface area contributed by atoms with Crippen molar-refractivity contribution in [3.8, 4) is 0 Å². The lowest BCUT2D eigenvalue weighted by atomic mass is 10.2. The van der Waals surface area contributed by atoms with Crippen LogP contribution in [0.25, 0.3) is 0 Å². The smallest absolute Gasteiger partial charge is 0.279 e. The van der Waals surface area contributed by atoms with Gasteiger partial charge in [0.1, 0.15) is 0 Å². The van der Waals surface area contributed by atoms with Crippen molar-refractivity contribution in [1.82, 2.24) is 9.78 Å². The molecule has 0 atom stereocenters. The molecule has 16 heavy (non-hydrogen) atoms. The Bertz CT molecular complexity index is 503. The zero-order chi connectivity index (χ0) is 11.8. The minimum Gasteiger partial charge on any atom is -0.298 e. The van der Waals surface area contributed by atoms with Crippen LogP contribution in [-0.2, 0) is 9.05 Å². The first-order valence-corrected chi connectivity index (χ1v) is 7.32. The Labute approximate surface area is 97.8 Å². The van der Waals surface area contributed by atoms with Gasteiger partial charge in [-0.25, -0.2) is 13.1 Å². The number of carbonyl (C=O) groups excluding carboxylic acids is 1. The molecule has 0 N–H and O–H groups in total. The Morgan fingerprint density at radius 2 is 2.06 bits per heavy atom. The fraction of sp³-hybridized carbons (Fsp3) is 0.556. The van der Waals surface area contributed by atoms with E-state index in [1.54, 1.807) is 0 Å². The van der Waals surface area contributed by atoms with Crippen LogP contribution in [0.5, 0.6) is 0 Å². The molecule has 5 nitrogen and oxygen atoms in total. The molecule has 1 aliphatic carbocycles. The second-order valence-electron chi connectivity index (χ2n) is 3.84. The molecule has 0 radical (unpaired) electrons. The lowest BCUT2D eigenvalue weighted by Gasteiger charge is -2.12.